The van der Waals surface area contributed by atoms with Crippen LogP contribution in [0.3, 0.4) is 0 Å². The van der Waals surface area contributed by atoms with Crippen LogP contribution in [0.2, 0.25) is 0 Å². The molecule has 22 heavy (non-hydrogen) atoms. The molecule has 1 unspecified atom stereocenters. The van der Waals surface area contributed by atoms with Gasteiger partial charge in [-0.1, -0.05) is 26.0 Å². The fraction of sp³-hybridized carbons (Fsp3) is 0.611. The minimum atomic E-state index is -0.0109. The highest BCUT2D eigenvalue weighted by Gasteiger charge is 2.28. The van der Waals surface area contributed by atoms with Crippen LogP contribution in [-0.4, -0.2) is 44.6 Å². The van der Waals surface area contributed by atoms with Gasteiger partial charge in [0.1, 0.15) is 6.10 Å². The molecule has 1 aromatic rings. The highest BCUT2D eigenvalue weighted by atomic mass is 16.5. The number of hydrogen-bond acceptors (Lipinski definition) is 3. The van der Waals surface area contributed by atoms with E-state index in [1.807, 2.05) is 19.0 Å². The third-order valence-electron chi connectivity index (χ3n) is 4.49. The van der Waals surface area contributed by atoms with Crippen LogP contribution in [0.4, 0.5) is 5.69 Å². The van der Waals surface area contributed by atoms with E-state index in [1.54, 1.807) is 0 Å². The van der Waals surface area contributed by atoms with Gasteiger partial charge >= 0.3 is 0 Å². The highest BCUT2D eigenvalue weighted by Crippen LogP contribution is 2.25. The van der Waals surface area contributed by atoms with Crippen LogP contribution in [0.25, 0.3) is 0 Å². The van der Waals surface area contributed by atoms with Gasteiger partial charge in [0.05, 0.1) is 13.2 Å². The van der Waals surface area contributed by atoms with Gasteiger partial charge in [-0.15, -0.1) is 0 Å². The number of rotatable bonds is 5. The van der Waals surface area contributed by atoms with Gasteiger partial charge in [0.15, 0.2) is 0 Å². The van der Waals surface area contributed by atoms with Gasteiger partial charge in [0.2, 0.25) is 5.91 Å². The second kappa shape index (κ2) is 7.63. The maximum Gasteiger partial charge on any atom is 0.225 e. The molecule has 1 atom stereocenters. The minimum absolute atomic E-state index is 0.0109. The molecule has 1 amide bonds. The van der Waals surface area contributed by atoms with Crippen LogP contribution in [0.15, 0.2) is 24.3 Å². The molecule has 122 valence electrons. The van der Waals surface area contributed by atoms with Crippen LogP contribution < -0.4 is 4.90 Å². The Morgan fingerprint density at radius 3 is 2.45 bits per heavy atom. The summed E-state index contributed by atoms with van der Waals surface area (Å²) in [4.78, 5) is 16.6. The number of morpholine rings is 1. The zero-order chi connectivity index (χ0) is 16.1. The number of benzene rings is 1. The van der Waals surface area contributed by atoms with E-state index in [4.69, 9.17) is 4.74 Å². The van der Waals surface area contributed by atoms with Gasteiger partial charge in [-0.3, -0.25) is 4.79 Å². The zero-order valence-electron chi connectivity index (χ0n) is 14.2. The lowest BCUT2D eigenvalue weighted by atomic mass is 10.0. The van der Waals surface area contributed by atoms with E-state index in [-0.39, 0.29) is 17.9 Å². The SMILES string of the molecule is CCC(CC)C(=O)N1CCOC(c2ccc(N(C)C)cc2)C1. The van der Waals surface area contributed by atoms with E-state index >= 15 is 0 Å². The molecule has 0 aliphatic carbocycles. The quantitative estimate of drug-likeness (QED) is 0.838. The molecule has 1 aromatic carbocycles. The summed E-state index contributed by atoms with van der Waals surface area (Å²) in [5, 5.41) is 0. The molecule has 0 spiro atoms. The molecule has 1 aliphatic rings. The summed E-state index contributed by atoms with van der Waals surface area (Å²) >= 11 is 0. The molecule has 1 heterocycles. The van der Waals surface area contributed by atoms with Crippen LogP contribution in [-0.2, 0) is 9.53 Å². The largest absolute Gasteiger partial charge is 0.378 e. The van der Waals surface area contributed by atoms with E-state index < -0.39 is 0 Å². The van der Waals surface area contributed by atoms with Crippen molar-refractivity contribution in [3.63, 3.8) is 0 Å². The van der Waals surface area contributed by atoms with Gasteiger partial charge in [-0.2, -0.15) is 0 Å². The average molecular weight is 304 g/mol. The summed E-state index contributed by atoms with van der Waals surface area (Å²) in [5.74, 6) is 0.429. The maximum absolute atomic E-state index is 12.5. The van der Waals surface area contributed by atoms with Crippen LogP contribution >= 0.6 is 0 Å². The standard InChI is InChI=1S/C18H28N2O2/c1-5-14(6-2)18(21)20-11-12-22-17(13-20)15-7-9-16(10-8-15)19(3)4/h7-10,14,17H,5-6,11-13H2,1-4H3. The topological polar surface area (TPSA) is 32.8 Å². The van der Waals surface area contributed by atoms with Gasteiger partial charge in [-0.25, -0.2) is 0 Å². The zero-order valence-corrected chi connectivity index (χ0v) is 14.2. The monoisotopic (exact) mass is 304 g/mol. The Morgan fingerprint density at radius 2 is 1.91 bits per heavy atom. The molecule has 1 aliphatic heterocycles. The molecule has 4 nitrogen and oxygen atoms in total. The van der Waals surface area contributed by atoms with Crippen molar-refractivity contribution in [1.82, 2.24) is 4.90 Å². The summed E-state index contributed by atoms with van der Waals surface area (Å²) in [6, 6.07) is 8.40. The first-order valence-corrected chi connectivity index (χ1v) is 8.24. The number of nitrogens with zero attached hydrogens (tertiary/aromatic N) is 2. The van der Waals surface area contributed by atoms with Crippen LogP contribution in [0.5, 0.6) is 0 Å². The van der Waals surface area contributed by atoms with Gasteiger partial charge in [0.25, 0.3) is 0 Å². The van der Waals surface area contributed by atoms with E-state index in [1.165, 1.54) is 5.69 Å². The molecule has 0 saturated carbocycles. The molecular formula is C18H28N2O2. The summed E-state index contributed by atoms with van der Waals surface area (Å²) in [5.41, 5.74) is 2.32. The molecule has 2 rings (SSSR count). The number of carbonyl (C=O) groups is 1. The van der Waals surface area contributed by atoms with Crippen molar-refractivity contribution in [2.24, 2.45) is 5.92 Å². The number of amides is 1. The van der Waals surface area contributed by atoms with Gasteiger partial charge in [0, 0.05) is 32.2 Å². The normalized spacial score (nSPS) is 18.6. The minimum Gasteiger partial charge on any atom is -0.378 e. The third-order valence-corrected chi connectivity index (χ3v) is 4.49. The molecule has 0 radical (unpaired) electrons. The Labute approximate surface area is 134 Å². The lowest BCUT2D eigenvalue weighted by Crippen LogP contribution is -2.44. The van der Waals surface area contributed by atoms with Crippen molar-refractivity contribution in [2.45, 2.75) is 32.8 Å². The number of carbonyl (C=O) groups excluding carboxylic acids is 1. The van der Waals surface area contributed by atoms with Crippen molar-refractivity contribution in [2.75, 3.05) is 38.7 Å². The predicted octanol–water partition coefficient (Wildman–Crippen LogP) is 3.09. The van der Waals surface area contributed by atoms with Crippen LogP contribution in [0, 0.1) is 5.92 Å². The number of ether oxygens (including phenoxy) is 1. The molecule has 0 N–H and O–H groups in total. The molecule has 1 fully saturated rings. The van der Waals surface area contributed by atoms with E-state index in [0.29, 0.717) is 19.7 Å². The van der Waals surface area contributed by atoms with Gasteiger partial charge in [-0.05, 0) is 30.5 Å². The fourth-order valence-corrected chi connectivity index (χ4v) is 2.93. The summed E-state index contributed by atoms with van der Waals surface area (Å²) in [6.07, 6.45) is 1.81. The Morgan fingerprint density at radius 1 is 1.27 bits per heavy atom. The van der Waals surface area contributed by atoms with Crippen molar-refractivity contribution >= 4 is 11.6 Å². The van der Waals surface area contributed by atoms with Crippen LogP contribution in [0.1, 0.15) is 38.4 Å². The number of hydrogen-bond donors (Lipinski definition) is 0. The Kier molecular flexibility index (Phi) is 5.83. The summed E-state index contributed by atoms with van der Waals surface area (Å²) < 4.78 is 5.88. The van der Waals surface area contributed by atoms with Gasteiger partial charge < -0.3 is 14.5 Å². The van der Waals surface area contributed by atoms with E-state index in [0.717, 1.165) is 18.4 Å². The molecule has 0 aromatic heterocycles. The summed E-state index contributed by atoms with van der Waals surface area (Å²) in [6.45, 7) is 6.16. The molecular weight excluding hydrogens is 276 g/mol. The second-order valence-electron chi connectivity index (χ2n) is 6.14. The first kappa shape index (κ1) is 16.8. The number of anilines is 1. The molecule has 0 bridgehead atoms. The predicted molar refractivity (Wildman–Crippen MR) is 90.1 cm³/mol. The highest BCUT2D eigenvalue weighted by molar-refractivity contribution is 5.78. The Balaban J connectivity index is 2.05. The lowest BCUT2D eigenvalue weighted by molar-refractivity contribution is -0.143. The first-order chi connectivity index (χ1) is 10.6. The summed E-state index contributed by atoms with van der Waals surface area (Å²) in [7, 11) is 4.06. The molecule has 1 saturated heterocycles. The first-order valence-electron chi connectivity index (χ1n) is 8.24. The Hall–Kier alpha value is -1.55. The van der Waals surface area contributed by atoms with Crippen molar-refractivity contribution < 1.29 is 9.53 Å². The van der Waals surface area contributed by atoms with Crippen molar-refractivity contribution in [3.8, 4) is 0 Å². The Bertz CT molecular complexity index is 480. The van der Waals surface area contributed by atoms with E-state index in [9.17, 15) is 4.79 Å². The van der Waals surface area contributed by atoms with E-state index in [2.05, 4.69) is 43.0 Å². The maximum atomic E-state index is 12.5. The average Bonchev–Trinajstić information content (AvgIpc) is 2.56. The van der Waals surface area contributed by atoms with Crippen molar-refractivity contribution in [3.05, 3.63) is 29.8 Å². The fourth-order valence-electron chi connectivity index (χ4n) is 2.93. The molecule has 4 heteroatoms. The third kappa shape index (κ3) is 3.80. The second-order valence-corrected chi connectivity index (χ2v) is 6.14. The lowest BCUT2D eigenvalue weighted by Gasteiger charge is -2.35. The smallest absolute Gasteiger partial charge is 0.225 e. The van der Waals surface area contributed by atoms with Crippen molar-refractivity contribution in [1.29, 1.82) is 0 Å².